The van der Waals surface area contributed by atoms with E-state index in [0.717, 1.165) is 11.1 Å². The Bertz CT molecular complexity index is 593. The van der Waals surface area contributed by atoms with Crippen molar-refractivity contribution < 1.29 is 13.2 Å². The lowest BCUT2D eigenvalue weighted by molar-refractivity contribution is -0.141. The smallest absolute Gasteiger partial charge is 0.239 e. The molecule has 0 unspecified atom stereocenters. The highest BCUT2D eigenvalue weighted by Gasteiger charge is 2.36. The minimum absolute atomic E-state index is 0.199. The summed E-state index contributed by atoms with van der Waals surface area (Å²) in [5.74, 6) is 0. The third kappa shape index (κ3) is 2.20. The Morgan fingerprint density at radius 1 is 1.00 bits per heavy atom. The molecule has 6 heteroatoms. The zero-order valence-electron chi connectivity index (χ0n) is 9.06. The van der Waals surface area contributed by atoms with Gasteiger partial charge < -0.3 is 0 Å². The summed E-state index contributed by atoms with van der Waals surface area (Å²) in [6, 6.07) is 3.24. The average Bonchev–Trinajstić information content (AvgIpc) is 2.18. The van der Waals surface area contributed by atoms with Crippen molar-refractivity contribution in [3.63, 3.8) is 0 Å². The molecular weight excluding hydrogens is 253 g/mol. The Kier molecular flexibility index (Phi) is 2.73. The predicted molar refractivity (Wildman–Crippen MR) is 59.0 cm³/mol. The highest BCUT2D eigenvalue weighted by atomic mass is 35.5. The van der Waals surface area contributed by atoms with Gasteiger partial charge in [0.1, 0.15) is 0 Å². The number of fused-ring (bicyclic) bond motifs is 1. The number of hydrogen-bond donors (Lipinski definition) is 0. The number of alkyl halides is 3. The minimum atomic E-state index is -4.59. The summed E-state index contributed by atoms with van der Waals surface area (Å²) in [5, 5.41) is -0.617. The standard InChI is InChI=1S/C11H8ClF3N2/c1-5-3-7-8(4-6(5)2)17-10(12)9(16-7)11(13,14)15/h3-4H,1-2H3. The van der Waals surface area contributed by atoms with Crippen LogP contribution < -0.4 is 0 Å². The summed E-state index contributed by atoms with van der Waals surface area (Å²) in [7, 11) is 0. The molecule has 90 valence electrons. The van der Waals surface area contributed by atoms with E-state index in [1.165, 1.54) is 0 Å². The molecule has 2 aromatic rings. The quantitative estimate of drug-likeness (QED) is 0.717. The van der Waals surface area contributed by atoms with Crippen LogP contribution in [0.5, 0.6) is 0 Å². The maximum absolute atomic E-state index is 12.6. The summed E-state index contributed by atoms with van der Waals surface area (Å²) >= 11 is 5.49. The molecular formula is C11H8ClF3N2. The van der Waals surface area contributed by atoms with Gasteiger partial charge in [0.25, 0.3) is 0 Å². The van der Waals surface area contributed by atoms with E-state index < -0.39 is 17.0 Å². The first-order valence-corrected chi connectivity index (χ1v) is 5.18. The molecule has 0 aliphatic heterocycles. The summed E-state index contributed by atoms with van der Waals surface area (Å²) in [4.78, 5) is 7.26. The van der Waals surface area contributed by atoms with Crippen LogP contribution in [0.3, 0.4) is 0 Å². The van der Waals surface area contributed by atoms with E-state index in [9.17, 15) is 13.2 Å². The first-order chi connectivity index (χ1) is 7.79. The van der Waals surface area contributed by atoms with Crippen molar-refractivity contribution in [2.45, 2.75) is 20.0 Å². The van der Waals surface area contributed by atoms with Gasteiger partial charge in [-0.25, -0.2) is 9.97 Å². The average molecular weight is 261 g/mol. The SMILES string of the molecule is Cc1cc2nc(Cl)c(C(F)(F)F)nc2cc1C. The lowest BCUT2D eigenvalue weighted by Gasteiger charge is -2.09. The van der Waals surface area contributed by atoms with Gasteiger partial charge in [0.05, 0.1) is 11.0 Å². The van der Waals surface area contributed by atoms with E-state index in [2.05, 4.69) is 9.97 Å². The molecule has 0 saturated heterocycles. The van der Waals surface area contributed by atoms with Crippen molar-refractivity contribution in [3.8, 4) is 0 Å². The minimum Gasteiger partial charge on any atom is -0.239 e. The van der Waals surface area contributed by atoms with E-state index in [1.807, 2.05) is 6.92 Å². The van der Waals surface area contributed by atoms with Crippen LogP contribution in [-0.2, 0) is 6.18 Å². The highest BCUT2D eigenvalue weighted by Crippen LogP contribution is 2.33. The van der Waals surface area contributed by atoms with Gasteiger partial charge >= 0.3 is 6.18 Å². The van der Waals surface area contributed by atoms with Crippen LogP contribution in [0.15, 0.2) is 12.1 Å². The Balaban J connectivity index is 2.76. The van der Waals surface area contributed by atoms with Crippen molar-refractivity contribution in [3.05, 3.63) is 34.1 Å². The molecule has 2 rings (SSSR count). The second-order valence-electron chi connectivity index (χ2n) is 3.79. The van der Waals surface area contributed by atoms with Crippen LogP contribution in [-0.4, -0.2) is 9.97 Å². The third-order valence-corrected chi connectivity index (χ3v) is 2.77. The van der Waals surface area contributed by atoms with Gasteiger partial charge in [-0.1, -0.05) is 11.6 Å². The molecule has 2 nitrogen and oxygen atoms in total. The molecule has 0 spiro atoms. The van der Waals surface area contributed by atoms with Crippen molar-refractivity contribution >= 4 is 22.6 Å². The molecule has 0 aliphatic rings. The third-order valence-electron chi connectivity index (χ3n) is 2.51. The number of hydrogen-bond acceptors (Lipinski definition) is 2. The van der Waals surface area contributed by atoms with Gasteiger partial charge in [-0.3, -0.25) is 0 Å². The molecule has 17 heavy (non-hydrogen) atoms. The van der Waals surface area contributed by atoms with Crippen LogP contribution in [0.25, 0.3) is 11.0 Å². The Morgan fingerprint density at radius 2 is 1.47 bits per heavy atom. The van der Waals surface area contributed by atoms with Gasteiger partial charge in [0, 0.05) is 0 Å². The van der Waals surface area contributed by atoms with Gasteiger partial charge in [0.2, 0.25) is 0 Å². The highest BCUT2D eigenvalue weighted by molar-refractivity contribution is 6.30. The van der Waals surface area contributed by atoms with Crippen LogP contribution in [0, 0.1) is 13.8 Å². The van der Waals surface area contributed by atoms with E-state index in [-0.39, 0.29) is 5.52 Å². The van der Waals surface area contributed by atoms with Crippen LogP contribution in [0.1, 0.15) is 16.8 Å². The number of nitrogens with zero attached hydrogens (tertiary/aromatic N) is 2. The molecule has 1 aromatic carbocycles. The Labute approximate surface area is 100 Å². The number of aromatic nitrogens is 2. The number of benzene rings is 1. The van der Waals surface area contributed by atoms with Gasteiger partial charge in [0.15, 0.2) is 10.8 Å². The Morgan fingerprint density at radius 3 is 1.94 bits per heavy atom. The van der Waals surface area contributed by atoms with Crippen molar-refractivity contribution in [1.82, 2.24) is 9.97 Å². The summed E-state index contributed by atoms with van der Waals surface area (Å²) in [5.41, 5.74) is 1.22. The van der Waals surface area contributed by atoms with Crippen LogP contribution in [0.4, 0.5) is 13.2 Å². The topological polar surface area (TPSA) is 25.8 Å². The monoisotopic (exact) mass is 260 g/mol. The van der Waals surface area contributed by atoms with E-state index in [1.54, 1.807) is 19.1 Å². The number of rotatable bonds is 0. The number of halogens is 4. The van der Waals surface area contributed by atoms with E-state index >= 15 is 0 Å². The van der Waals surface area contributed by atoms with Crippen molar-refractivity contribution in [2.24, 2.45) is 0 Å². The summed E-state index contributed by atoms with van der Waals surface area (Å²) < 4.78 is 37.7. The zero-order chi connectivity index (χ0) is 12.8. The molecule has 0 radical (unpaired) electrons. The summed E-state index contributed by atoms with van der Waals surface area (Å²) in [6.07, 6.45) is -4.59. The van der Waals surface area contributed by atoms with Gasteiger partial charge in [-0.2, -0.15) is 13.2 Å². The molecule has 0 bridgehead atoms. The van der Waals surface area contributed by atoms with Gasteiger partial charge in [-0.15, -0.1) is 0 Å². The normalized spacial score (nSPS) is 12.1. The molecule has 0 aliphatic carbocycles. The molecule has 0 amide bonds. The first-order valence-electron chi connectivity index (χ1n) is 4.81. The maximum Gasteiger partial charge on any atom is 0.436 e. The van der Waals surface area contributed by atoms with Crippen LogP contribution in [0.2, 0.25) is 5.15 Å². The maximum atomic E-state index is 12.6. The van der Waals surface area contributed by atoms with E-state index in [0.29, 0.717) is 5.52 Å². The van der Waals surface area contributed by atoms with E-state index in [4.69, 9.17) is 11.6 Å². The first kappa shape index (κ1) is 12.1. The molecule has 0 atom stereocenters. The predicted octanol–water partition coefficient (Wildman–Crippen LogP) is 3.92. The Hall–Kier alpha value is -1.36. The summed E-state index contributed by atoms with van der Waals surface area (Å²) in [6.45, 7) is 3.65. The van der Waals surface area contributed by atoms with Crippen LogP contribution >= 0.6 is 11.6 Å². The van der Waals surface area contributed by atoms with Gasteiger partial charge in [-0.05, 0) is 37.1 Å². The molecule has 1 aromatic heterocycles. The fraction of sp³-hybridized carbons (Fsp3) is 0.273. The fourth-order valence-electron chi connectivity index (χ4n) is 1.47. The molecule has 0 fully saturated rings. The lowest BCUT2D eigenvalue weighted by Crippen LogP contribution is -2.10. The second-order valence-corrected chi connectivity index (χ2v) is 4.14. The molecule has 0 N–H and O–H groups in total. The molecule has 0 saturated carbocycles. The second kappa shape index (κ2) is 3.84. The number of aryl methyl sites for hydroxylation is 2. The van der Waals surface area contributed by atoms with Crippen molar-refractivity contribution in [1.29, 1.82) is 0 Å². The molecule has 1 heterocycles. The largest absolute Gasteiger partial charge is 0.436 e. The zero-order valence-corrected chi connectivity index (χ0v) is 9.82. The lowest BCUT2D eigenvalue weighted by atomic mass is 10.1. The van der Waals surface area contributed by atoms with Crippen molar-refractivity contribution in [2.75, 3.05) is 0 Å². The fourth-order valence-corrected chi connectivity index (χ4v) is 1.71.